The van der Waals surface area contributed by atoms with Crippen LogP contribution in [-0.2, 0) is 14.1 Å². The number of hydrogen-bond acceptors (Lipinski definition) is 5. The zero-order valence-electron chi connectivity index (χ0n) is 15.2. The number of ketones is 1. The van der Waals surface area contributed by atoms with Crippen molar-refractivity contribution in [2.45, 2.75) is 6.42 Å². The van der Waals surface area contributed by atoms with E-state index in [1.165, 1.54) is 17.7 Å². The Labute approximate surface area is 152 Å². The third kappa shape index (κ3) is 3.77. The van der Waals surface area contributed by atoms with Gasteiger partial charge in [0, 0.05) is 64.9 Å². The lowest BCUT2D eigenvalue weighted by molar-refractivity contribution is 0.0962. The largest absolute Gasteiger partial charge is 0.355 e. The number of nitrogens with zero attached hydrogens (tertiary/aromatic N) is 4. The highest BCUT2D eigenvalue weighted by atomic mass is 16.2. The Balaban J connectivity index is 1.58. The number of piperazine rings is 1. The second-order valence-corrected chi connectivity index (χ2v) is 6.61. The first-order valence-electron chi connectivity index (χ1n) is 8.80. The smallest absolute Gasteiger partial charge is 0.332 e. The Morgan fingerprint density at radius 2 is 1.62 bits per heavy atom. The number of Topliss-reactive ketones (excluding diaryl/α,β-unsaturated/α-hetero) is 1. The van der Waals surface area contributed by atoms with Crippen molar-refractivity contribution in [2.24, 2.45) is 14.1 Å². The molecule has 0 bridgehead atoms. The zero-order valence-corrected chi connectivity index (χ0v) is 15.2. The van der Waals surface area contributed by atoms with Crippen LogP contribution in [0.25, 0.3) is 0 Å². The number of carbonyl (C=O) groups is 1. The number of aromatic nitrogens is 2. The molecule has 1 fully saturated rings. The van der Waals surface area contributed by atoms with Gasteiger partial charge in [0.25, 0.3) is 5.56 Å². The van der Waals surface area contributed by atoms with Gasteiger partial charge < -0.3 is 4.90 Å². The van der Waals surface area contributed by atoms with Gasteiger partial charge in [-0.25, -0.2) is 4.79 Å². The maximum atomic E-state index is 12.2. The molecule has 1 saturated heterocycles. The molecule has 0 atom stereocenters. The highest BCUT2D eigenvalue weighted by Gasteiger charge is 2.20. The predicted molar refractivity (Wildman–Crippen MR) is 101 cm³/mol. The van der Waals surface area contributed by atoms with Crippen LogP contribution >= 0.6 is 0 Å². The molecule has 0 radical (unpaired) electrons. The standard InChI is InChI=1S/C19H24N4O3/c1-20-17(14-18(25)21(2)19(20)26)23-12-10-22(11-13-23)9-8-16(24)15-6-4-3-5-7-15/h3-7,14H,8-13H2,1-2H3. The van der Waals surface area contributed by atoms with Gasteiger partial charge in [-0.05, 0) is 0 Å². The molecule has 7 heteroatoms. The lowest BCUT2D eigenvalue weighted by Crippen LogP contribution is -2.49. The minimum Gasteiger partial charge on any atom is -0.355 e. The summed E-state index contributed by atoms with van der Waals surface area (Å²) in [6.45, 7) is 3.76. The minimum absolute atomic E-state index is 0.155. The number of benzene rings is 1. The molecule has 1 aromatic heterocycles. The molecule has 1 aromatic carbocycles. The Bertz CT molecular complexity index is 893. The molecule has 2 aromatic rings. The van der Waals surface area contributed by atoms with Gasteiger partial charge in [-0.3, -0.25) is 23.6 Å². The van der Waals surface area contributed by atoms with Crippen LogP contribution in [0.4, 0.5) is 5.82 Å². The number of carbonyl (C=O) groups excluding carboxylic acids is 1. The number of rotatable bonds is 5. The first-order valence-corrected chi connectivity index (χ1v) is 8.80. The average Bonchev–Trinajstić information content (AvgIpc) is 2.68. The second-order valence-electron chi connectivity index (χ2n) is 6.61. The molecule has 0 amide bonds. The molecule has 26 heavy (non-hydrogen) atoms. The van der Waals surface area contributed by atoms with Gasteiger partial charge >= 0.3 is 5.69 Å². The first kappa shape index (κ1) is 18.1. The molecule has 0 saturated carbocycles. The molecule has 2 heterocycles. The van der Waals surface area contributed by atoms with Gasteiger partial charge in [-0.15, -0.1) is 0 Å². The predicted octanol–water partition coefficient (Wildman–Crippen LogP) is 0.479. The molecule has 0 N–H and O–H groups in total. The fraction of sp³-hybridized carbons (Fsp3) is 0.421. The van der Waals surface area contributed by atoms with Gasteiger partial charge in [0.1, 0.15) is 5.82 Å². The summed E-state index contributed by atoms with van der Waals surface area (Å²) in [6.07, 6.45) is 0.494. The van der Waals surface area contributed by atoms with Crippen molar-refractivity contribution in [3.05, 3.63) is 62.8 Å². The maximum Gasteiger partial charge on any atom is 0.332 e. The van der Waals surface area contributed by atoms with Gasteiger partial charge in [0.2, 0.25) is 0 Å². The lowest BCUT2D eigenvalue weighted by atomic mass is 10.1. The molecule has 1 aliphatic rings. The van der Waals surface area contributed by atoms with Crippen LogP contribution in [0.1, 0.15) is 16.8 Å². The molecule has 7 nitrogen and oxygen atoms in total. The van der Waals surface area contributed by atoms with Crippen LogP contribution < -0.4 is 16.1 Å². The van der Waals surface area contributed by atoms with E-state index in [9.17, 15) is 14.4 Å². The molecule has 0 unspecified atom stereocenters. The molecular formula is C19H24N4O3. The quantitative estimate of drug-likeness (QED) is 0.729. The number of hydrogen-bond donors (Lipinski definition) is 0. The SMILES string of the molecule is Cn1c(N2CCN(CCC(=O)c3ccccc3)CC2)cc(=O)n(C)c1=O. The highest BCUT2D eigenvalue weighted by Crippen LogP contribution is 2.13. The van der Waals surface area contributed by atoms with Crippen LogP contribution in [0.3, 0.4) is 0 Å². The summed E-state index contributed by atoms with van der Waals surface area (Å²) in [7, 11) is 3.16. The molecule has 0 aliphatic carbocycles. The van der Waals surface area contributed by atoms with Crippen LogP contribution in [0, 0.1) is 0 Å². The van der Waals surface area contributed by atoms with Crippen molar-refractivity contribution in [2.75, 3.05) is 37.6 Å². The zero-order chi connectivity index (χ0) is 18.7. The Morgan fingerprint density at radius 1 is 0.962 bits per heavy atom. The van der Waals surface area contributed by atoms with Gasteiger partial charge in [-0.1, -0.05) is 30.3 Å². The Kier molecular flexibility index (Phi) is 5.37. The summed E-state index contributed by atoms with van der Waals surface area (Å²) >= 11 is 0. The first-order chi connectivity index (χ1) is 12.5. The Morgan fingerprint density at radius 3 is 2.27 bits per heavy atom. The van der Waals surface area contributed by atoms with E-state index >= 15 is 0 Å². The van der Waals surface area contributed by atoms with Gasteiger partial charge in [0.05, 0.1) is 0 Å². The molecule has 3 rings (SSSR count). The topological polar surface area (TPSA) is 67.5 Å². The third-order valence-electron chi connectivity index (χ3n) is 4.95. The van der Waals surface area contributed by atoms with Crippen molar-refractivity contribution in [1.29, 1.82) is 0 Å². The van der Waals surface area contributed by atoms with Crippen LogP contribution in [0.15, 0.2) is 46.0 Å². The van der Waals surface area contributed by atoms with Gasteiger partial charge in [-0.2, -0.15) is 0 Å². The summed E-state index contributed by atoms with van der Waals surface area (Å²) < 4.78 is 2.62. The van der Waals surface area contributed by atoms with E-state index in [2.05, 4.69) is 9.80 Å². The van der Waals surface area contributed by atoms with Crippen molar-refractivity contribution in [3.63, 3.8) is 0 Å². The summed E-state index contributed by atoms with van der Waals surface area (Å²) in [5, 5.41) is 0. The molecular weight excluding hydrogens is 332 g/mol. The lowest BCUT2D eigenvalue weighted by Gasteiger charge is -2.36. The second kappa shape index (κ2) is 7.70. The van der Waals surface area contributed by atoms with E-state index in [1.807, 2.05) is 30.3 Å². The average molecular weight is 356 g/mol. The van der Waals surface area contributed by atoms with Crippen LogP contribution in [-0.4, -0.2) is 52.5 Å². The minimum atomic E-state index is -0.316. The maximum absolute atomic E-state index is 12.2. The van der Waals surface area contributed by atoms with Crippen molar-refractivity contribution >= 4 is 11.6 Å². The van der Waals surface area contributed by atoms with Crippen molar-refractivity contribution in [1.82, 2.24) is 14.0 Å². The van der Waals surface area contributed by atoms with Gasteiger partial charge in [0.15, 0.2) is 5.78 Å². The highest BCUT2D eigenvalue weighted by molar-refractivity contribution is 5.96. The fourth-order valence-corrected chi connectivity index (χ4v) is 3.25. The van der Waals surface area contributed by atoms with E-state index in [0.717, 1.165) is 42.9 Å². The van der Waals surface area contributed by atoms with Crippen LogP contribution in [0.2, 0.25) is 0 Å². The van der Waals surface area contributed by atoms with Crippen molar-refractivity contribution < 1.29 is 4.79 Å². The molecule has 0 spiro atoms. The molecule has 138 valence electrons. The molecule has 1 aliphatic heterocycles. The summed E-state index contributed by atoms with van der Waals surface area (Å²) in [6, 6.07) is 10.9. The van der Waals surface area contributed by atoms with E-state index < -0.39 is 0 Å². The van der Waals surface area contributed by atoms with E-state index in [4.69, 9.17) is 0 Å². The third-order valence-corrected chi connectivity index (χ3v) is 4.95. The van der Waals surface area contributed by atoms with Crippen molar-refractivity contribution in [3.8, 4) is 0 Å². The van der Waals surface area contributed by atoms with E-state index in [-0.39, 0.29) is 17.0 Å². The monoisotopic (exact) mass is 356 g/mol. The summed E-state index contributed by atoms with van der Waals surface area (Å²) in [5.74, 6) is 0.806. The van der Waals surface area contributed by atoms with E-state index in [1.54, 1.807) is 7.05 Å². The number of anilines is 1. The normalized spacial score (nSPS) is 15.2. The Hall–Kier alpha value is -2.67. The fourth-order valence-electron chi connectivity index (χ4n) is 3.25. The van der Waals surface area contributed by atoms with Crippen LogP contribution in [0.5, 0.6) is 0 Å². The summed E-state index contributed by atoms with van der Waals surface area (Å²) in [5.41, 5.74) is 0.142. The van der Waals surface area contributed by atoms with E-state index in [0.29, 0.717) is 12.2 Å². The summed E-state index contributed by atoms with van der Waals surface area (Å²) in [4.78, 5) is 40.5.